The number of esters is 1. The summed E-state index contributed by atoms with van der Waals surface area (Å²) in [5.41, 5.74) is 5.51. The molecule has 0 amide bonds. The van der Waals surface area contributed by atoms with Gasteiger partial charge >= 0.3 is 5.97 Å². The van der Waals surface area contributed by atoms with Crippen LogP contribution in [0, 0.1) is 5.92 Å². The molecule has 1 unspecified atom stereocenters. The molecular weight excluding hydrogens is 202 g/mol. The molecule has 0 aliphatic carbocycles. The molecule has 0 aromatic carbocycles. The summed E-state index contributed by atoms with van der Waals surface area (Å²) in [6.07, 6.45) is 6.86. The molecule has 2 N–H and O–H groups in total. The molecule has 0 spiro atoms. The van der Waals surface area contributed by atoms with Crippen LogP contribution in [0.4, 0.5) is 0 Å². The smallest absolute Gasteiger partial charge is 0.305 e. The van der Waals surface area contributed by atoms with Crippen molar-refractivity contribution < 1.29 is 9.53 Å². The lowest BCUT2D eigenvalue weighted by atomic mass is 9.97. The molecule has 0 aromatic heterocycles. The van der Waals surface area contributed by atoms with E-state index in [0.717, 1.165) is 38.5 Å². The first-order chi connectivity index (χ1) is 7.74. The van der Waals surface area contributed by atoms with Crippen LogP contribution in [-0.4, -0.2) is 19.1 Å². The van der Waals surface area contributed by atoms with E-state index in [2.05, 4.69) is 13.8 Å². The van der Waals surface area contributed by atoms with Crippen molar-refractivity contribution in [2.75, 3.05) is 13.2 Å². The Labute approximate surface area is 99.7 Å². The quantitative estimate of drug-likeness (QED) is 0.463. The van der Waals surface area contributed by atoms with Crippen LogP contribution in [0.25, 0.3) is 0 Å². The summed E-state index contributed by atoms with van der Waals surface area (Å²) in [5.74, 6) is 0.528. The van der Waals surface area contributed by atoms with E-state index >= 15 is 0 Å². The Morgan fingerprint density at radius 1 is 1.25 bits per heavy atom. The minimum absolute atomic E-state index is 0.0495. The van der Waals surface area contributed by atoms with Crippen LogP contribution < -0.4 is 5.73 Å². The number of unbranched alkanes of at least 4 members (excludes halogenated alkanes) is 2. The van der Waals surface area contributed by atoms with E-state index in [1.54, 1.807) is 0 Å². The van der Waals surface area contributed by atoms with Crippen molar-refractivity contribution in [1.82, 2.24) is 0 Å². The maximum Gasteiger partial charge on any atom is 0.305 e. The van der Waals surface area contributed by atoms with E-state index in [0.29, 0.717) is 25.5 Å². The molecule has 96 valence electrons. The second-order valence-corrected chi connectivity index (χ2v) is 4.32. The van der Waals surface area contributed by atoms with Gasteiger partial charge in [0, 0.05) is 6.42 Å². The van der Waals surface area contributed by atoms with Gasteiger partial charge in [-0.25, -0.2) is 0 Å². The number of carbonyl (C=O) groups is 1. The molecule has 16 heavy (non-hydrogen) atoms. The average Bonchev–Trinajstić information content (AvgIpc) is 2.30. The molecule has 3 heteroatoms. The van der Waals surface area contributed by atoms with Crippen LogP contribution in [-0.2, 0) is 9.53 Å². The first-order valence-electron chi connectivity index (χ1n) is 6.60. The molecule has 0 radical (unpaired) electrons. The van der Waals surface area contributed by atoms with Crippen LogP contribution in [0.5, 0.6) is 0 Å². The minimum atomic E-state index is -0.0495. The van der Waals surface area contributed by atoms with Crippen molar-refractivity contribution in [3.8, 4) is 0 Å². The molecule has 0 saturated heterocycles. The van der Waals surface area contributed by atoms with Gasteiger partial charge in [-0.05, 0) is 31.7 Å². The third-order valence-electron chi connectivity index (χ3n) is 2.92. The molecule has 0 aliphatic heterocycles. The standard InChI is InChI=1S/C13H27NO2/c1-3-5-6-11-16-13(15)8-7-12(4-2)9-10-14/h12H,3-11,14H2,1-2H3. The normalized spacial score (nSPS) is 12.4. The van der Waals surface area contributed by atoms with Gasteiger partial charge in [0.05, 0.1) is 6.61 Å². The first kappa shape index (κ1) is 15.4. The summed E-state index contributed by atoms with van der Waals surface area (Å²) in [4.78, 5) is 11.4. The first-order valence-corrected chi connectivity index (χ1v) is 6.60. The van der Waals surface area contributed by atoms with E-state index < -0.39 is 0 Å². The summed E-state index contributed by atoms with van der Waals surface area (Å²) in [6.45, 7) is 5.58. The Morgan fingerprint density at radius 2 is 2.00 bits per heavy atom. The van der Waals surface area contributed by atoms with Crippen molar-refractivity contribution in [1.29, 1.82) is 0 Å². The van der Waals surface area contributed by atoms with Crippen molar-refractivity contribution in [3.63, 3.8) is 0 Å². The van der Waals surface area contributed by atoms with E-state index in [1.807, 2.05) is 0 Å². The highest BCUT2D eigenvalue weighted by atomic mass is 16.5. The minimum Gasteiger partial charge on any atom is -0.466 e. The predicted molar refractivity (Wildman–Crippen MR) is 67.2 cm³/mol. The third kappa shape index (κ3) is 8.72. The molecular formula is C13H27NO2. The van der Waals surface area contributed by atoms with Gasteiger partial charge in [0.2, 0.25) is 0 Å². The molecule has 0 aliphatic rings. The molecule has 0 heterocycles. The van der Waals surface area contributed by atoms with Gasteiger partial charge in [0.25, 0.3) is 0 Å². The SMILES string of the molecule is CCCCCOC(=O)CCC(CC)CCN. The van der Waals surface area contributed by atoms with E-state index in [4.69, 9.17) is 10.5 Å². The second kappa shape index (κ2) is 10.9. The van der Waals surface area contributed by atoms with Crippen LogP contribution >= 0.6 is 0 Å². The predicted octanol–water partition coefficient (Wildman–Crippen LogP) is 2.88. The number of nitrogens with two attached hydrogens (primary N) is 1. The Hall–Kier alpha value is -0.570. The Morgan fingerprint density at radius 3 is 2.56 bits per heavy atom. The Bertz CT molecular complexity index is 171. The van der Waals surface area contributed by atoms with Gasteiger partial charge in [0.15, 0.2) is 0 Å². The second-order valence-electron chi connectivity index (χ2n) is 4.32. The lowest BCUT2D eigenvalue weighted by Crippen LogP contribution is -2.12. The summed E-state index contributed by atoms with van der Waals surface area (Å²) in [7, 11) is 0. The average molecular weight is 229 g/mol. The zero-order valence-corrected chi connectivity index (χ0v) is 10.8. The van der Waals surface area contributed by atoms with Crippen LogP contribution in [0.3, 0.4) is 0 Å². The Kier molecular flexibility index (Phi) is 10.5. The molecule has 0 rings (SSSR count). The highest BCUT2D eigenvalue weighted by Crippen LogP contribution is 2.14. The number of rotatable bonds is 10. The monoisotopic (exact) mass is 229 g/mol. The molecule has 1 atom stereocenters. The largest absolute Gasteiger partial charge is 0.466 e. The summed E-state index contributed by atoms with van der Waals surface area (Å²) in [6, 6.07) is 0. The van der Waals surface area contributed by atoms with Crippen LogP contribution in [0.1, 0.15) is 58.8 Å². The number of ether oxygens (including phenoxy) is 1. The van der Waals surface area contributed by atoms with Gasteiger partial charge in [-0.1, -0.05) is 33.1 Å². The van der Waals surface area contributed by atoms with Crippen molar-refractivity contribution >= 4 is 5.97 Å². The highest BCUT2D eigenvalue weighted by Gasteiger charge is 2.09. The molecule has 3 nitrogen and oxygen atoms in total. The van der Waals surface area contributed by atoms with Gasteiger partial charge in [0.1, 0.15) is 0 Å². The maximum atomic E-state index is 11.4. The van der Waals surface area contributed by atoms with Gasteiger partial charge in [-0.3, -0.25) is 4.79 Å². The van der Waals surface area contributed by atoms with Gasteiger partial charge < -0.3 is 10.5 Å². The van der Waals surface area contributed by atoms with Crippen LogP contribution in [0.15, 0.2) is 0 Å². The van der Waals surface area contributed by atoms with E-state index in [1.165, 1.54) is 0 Å². The maximum absolute atomic E-state index is 11.4. The van der Waals surface area contributed by atoms with Crippen LogP contribution in [0.2, 0.25) is 0 Å². The topological polar surface area (TPSA) is 52.3 Å². The summed E-state index contributed by atoms with van der Waals surface area (Å²) >= 11 is 0. The fourth-order valence-corrected chi connectivity index (χ4v) is 1.72. The fourth-order valence-electron chi connectivity index (χ4n) is 1.72. The number of hydrogen-bond donors (Lipinski definition) is 1. The van der Waals surface area contributed by atoms with E-state index in [-0.39, 0.29) is 5.97 Å². The van der Waals surface area contributed by atoms with Crippen molar-refractivity contribution in [3.05, 3.63) is 0 Å². The molecule has 0 fully saturated rings. The molecule has 0 aromatic rings. The number of carbonyl (C=O) groups excluding carboxylic acids is 1. The summed E-state index contributed by atoms with van der Waals surface area (Å²) in [5, 5.41) is 0. The van der Waals surface area contributed by atoms with Crippen molar-refractivity contribution in [2.45, 2.75) is 58.8 Å². The van der Waals surface area contributed by atoms with E-state index in [9.17, 15) is 4.79 Å². The summed E-state index contributed by atoms with van der Waals surface area (Å²) < 4.78 is 5.15. The van der Waals surface area contributed by atoms with Crippen molar-refractivity contribution in [2.24, 2.45) is 11.7 Å². The fraction of sp³-hybridized carbons (Fsp3) is 0.923. The third-order valence-corrected chi connectivity index (χ3v) is 2.92. The lowest BCUT2D eigenvalue weighted by Gasteiger charge is -2.12. The number of hydrogen-bond acceptors (Lipinski definition) is 3. The van der Waals surface area contributed by atoms with Gasteiger partial charge in [-0.15, -0.1) is 0 Å². The molecule has 0 saturated carbocycles. The van der Waals surface area contributed by atoms with Gasteiger partial charge in [-0.2, -0.15) is 0 Å². The zero-order chi connectivity index (χ0) is 12.2. The highest BCUT2D eigenvalue weighted by molar-refractivity contribution is 5.69. The zero-order valence-electron chi connectivity index (χ0n) is 10.8. The molecule has 0 bridgehead atoms. The Balaban J connectivity index is 3.47. The lowest BCUT2D eigenvalue weighted by molar-refractivity contribution is -0.144.